The number of methoxy groups -OCH3 is 2. The summed E-state index contributed by atoms with van der Waals surface area (Å²) in [5.41, 5.74) is 3.25. The predicted octanol–water partition coefficient (Wildman–Crippen LogP) is 3.99. The molecule has 0 aliphatic carbocycles. The van der Waals surface area contributed by atoms with Crippen LogP contribution >= 0.6 is 0 Å². The third-order valence-electron chi connectivity index (χ3n) is 5.92. The van der Waals surface area contributed by atoms with Crippen LogP contribution in [-0.2, 0) is 0 Å². The molecule has 4 rings (SSSR count). The molecule has 1 aromatic carbocycles. The number of anilines is 1. The second-order valence-electron chi connectivity index (χ2n) is 8.18. The standard InChI is InChI=1S/C25H29N5O3/c1-29(2)25-27-16-20(17-10-12-26-13-11-17)23(28-25)21-7-5-6-14-30(21)24(31)19-9-8-18(32-3)15-22(19)33-4/h8-13,15-16,21H,5-7,14H2,1-4H3. The van der Waals surface area contributed by atoms with Crippen LogP contribution in [0.2, 0.25) is 0 Å². The van der Waals surface area contributed by atoms with Gasteiger partial charge in [0, 0.05) is 50.9 Å². The molecular formula is C25H29N5O3. The molecule has 8 nitrogen and oxygen atoms in total. The summed E-state index contributed by atoms with van der Waals surface area (Å²) in [5, 5.41) is 0. The maximum atomic E-state index is 13.8. The van der Waals surface area contributed by atoms with Gasteiger partial charge in [0.1, 0.15) is 11.5 Å². The Kier molecular flexibility index (Phi) is 6.72. The summed E-state index contributed by atoms with van der Waals surface area (Å²) in [7, 11) is 6.98. The highest BCUT2D eigenvalue weighted by atomic mass is 16.5. The molecule has 1 aliphatic heterocycles. The van der Waals surface area contributed by atoms with Gasteiger partial charge in [-0.3, -0.25) is 9.78 Å². The van der Waals surface area contributed by atoms with E-state index in [-0.39, 0.29) is 11.9 Å². The normalized spacial score (nSPS) is 15.8. The van der Waals surface area contributed by atoms with Crippen molar-refractivity contribution in [1.29, 1.82) is 0 Å². The van der Waals surface area contributed by atoms with Crippen molar-refractivity contribution >= 4 is 11.9 Å². The maximum absolute atomic E-state index is 13.8. The molecule has 33 heavy (non-hydrogen) atoms. The third kappa shape index (κ3) is 4.60. The third-order valence-corrected chi connectivity index (χ3v) is 5.92. The predicted molar refractivity (Wildman–Crippen MR) is 127 cm³/mol. The minimum Gasteiger partial charge on any atom is -0.497 e. The van der Waals surface area contributed by atoms with E-state index in [9.17, 15) is 4.79 Å². The number of ether oxygens (including phenoxy) is 2. The van der Waals surface area contributed by atoms with Gasteiger partial charge in [0.15, 0.2) is 0 Å². The van der Waals surface area contributed by atoms with Crippen molar-refractivity contribution in [2.45, 2.75) is 25.3 Å². The quantitative estimate of drug-likeness (QED) is 0.565. The van der Waals surface area contributed by atoms with E-state index in [1.807, 2.05) is 42.2 Å². The molecule has 1 atom stereocenters. The SMILES string of the molecule is COc1ccc(C(=O)N2CCCCC2c2nc(N(C)C)ncc2-c2ccncc2)c(OC)c1. The van der Waals surface area contributed by atoms with E-state index < -0.39 is 0 Å². The van der Waals surface area contributed by atoms with Gasteiger partial charge in [-0.15, -0.1) is 0 Å². The van der Waals surface area contributed by atoms with Crippen LogP contribution < -0.4 is 14.4 Å². The molecule has 3 heterocycles. The van der Waals surface area contributed by atoms with Crippen molar-refractivity contribution in [3.8, 4) is 22.6 Å². The van der Waals surface area contributed by atoms with Gasteiger partial charge in [-0.1, -0.05) is 0 Å². The average Bonchev–Trinajstić information content (AvgIpc) is 2.88. The molecule has 1 aliphatic rings. The Morgan fingerprint density at radius 2 is 1.88 bits per heavy atom. The second kappa shape index (κ2) is 9.85. The first-order valence-electron chi connectivity index (χ1n) is 11.0. The molecular weight excluding hydrogens is 418 g/mol. The first-order valence-corrected chi connectivity index (χ1v) is 11.0. The zero-order valence-electron chi connectivity index (χ0n) is 19.5. The number of carbonyl (C=O) groups is 1. The number of carbonyl (C=O) groups excluding carboxylic acids is 1. The summed E-state index contributed by atoms with van der Waals surface area (Å²) >= 11 is 0. The molecule has 0 bridgehead atoms. The fourth-order valence-corrected chi connectivity index (χ4v) is 4.20. The largest absolute Gasteiger partial charge is 0.497 e. The van der Waals surface area contributed by atoms with Crippen molar-refractivity contribution < 1.29 is 14.3 Å². The Bertz CT molecular complexity index is 1120. The number of amides is 1. The number of hydrogen-bond acceptors (Lipinski definition) is 7. The number of aromatic nitrogens is 3. The number of rotatable bonds is 6. The van der Waals surface area contributed by atoms with Crippen LogP contribution in [0.4, 0.5) is 5.95 Å². The van der Waals surface area contributed by atoms with E-state index in [1.165, 1.54) is 0 Å². The van der Waals surface area contributed by atoms with E-state index in [0.717, 1.165) is 36.1 Å². The number of benzene rings is 1. The first kappa shape index (κ1) is 22.5. The highest BCUT2D eigenvalue weighted by Crippen LogP contribution is 2.38. The molecule has 8 heteroatoms. The lowest BCUT2D eigenvalue weighted by molar-refractivity contribution is 0.0603. The summed E-state index contributed by atoms with van der Waals surface area (Å²) in [6, 6.07) is 9.00. The van der Waals surface area contributed by atoms with Gasteiger partial charge < -0.3 is 19.3 Å². The van der Waals surface area contributed by atoms with Crippen LogP contribution in [0.3, 0.4) is 0 Å². The number of hydrogen-bond donors (Lipinski definition) is 0. The minimum absolute atomic E-state index is 0.0788. The van der Waals surface area contributed by atoms with Gasteiger partial charge in [-0.25, -0.2) is 9.97 Å². The van der Waals surface area contributed by atoms with Gasteiger partial charge in [0.05, 0.1) is 31.5 Å². The summed E-state index contributed by atoms with van der Waals surface area (Å²) in [6.45, 7) is 0.649. The fraction of sp³-hybridized carbons (Fsp3) is 0.360. The molecule has 0 saturated carbocycles. The van der Waals surface area contributed by atoms with Gasteiger partial charge in [0.25, 0.3) is 5.91 Å². The molecule has 0 spiro atoms. The molecule has 3 aromatic rings. The Labute approximate surface area is 194 Å². The number of likely N-dealkylation sites (tertiary alicyclic amines) is 1. The molecule has 0 radical (unpaired) electrons. The van der Waals surface area contributed by atoms with Crippen molar-refractivity contribution in [2.24, 2.45) is 0 Å². The van der Waals surface area contributed by atoms with E-state index >= 15 is 0 Å². The topological polar surface area (TPSA) is 80.7 Å². The van der Waals surface area contributed by atoms with Crippen molar-refractivity contribution in [3.63, 3.8) is 0 Å². The molecule has 2 aromatic heterocycles. The van der Waals surface area contributed by atoms with Crippen molar-refractivity contribution in [2.75, 3.05) is 39.8 Å². The monoisotopic (exact) mass is 447 g/mol. The lowest BCUT2D eigenvalue weighted by atomic mass is 9.93. The first-order chi connectivity index (χ1) is 16.0. The maximum Gasteiger partial charge on any atom is 0.258 e. The van der Waals surface area contributed by atoms with E-state index in [1.54, 1.807) is 44.8 Å². The lowest BCUT2D eigenvalue weighted by Crippen LogP contribution is -2.39. The summed E-state index contributed by atoms with van der Waals surface area (Å²) in [6.07, 6.45) is 8.14. The highest BCUT2D eigenvalue weighted by molar-refractivity contribution is 5.97. The number of nitrogens with zero attached hydrogens (tertiary/aromatic N) is 5. The smallest absolute Gasteiger partial charge is 0.258 e. The van der Waals surface area contributed by atoms with Crippen LogP contribution in [0, 0.1) is 0 Å². The van der Waals surface area contributed by atoms with Crippen molar-refractivity contribution in [3.05, 3.63) is 60.2 Å². The van der Waals surface area contributed by atoms with E-state index in [2.05, 4.69) is 9.97 Å². The Hall–Kier alpha value is -3.68. The van der Waals surface area contributed by atoms with Gasteiger partial charge >= 0.3 is 0 Å². The molecule has 172 valence electrons. The summed E-state index contributed by atoms with van der Waals surface area (Å²) in [5.74, 6) is 1.67. The van der Waals surface area contributed by atoms with E-state index in [0.29, 0.717) is 29.6 Å². The Balaban J connectivity index is 1.79. The second-order valence-corrected chi connectivity index (χ2v) is 8.18. The molecule has 0 N–H and O–H groups in total. The van der Waals surface area contributed by atoms with Crippen LogP contribution in [0.25, 0.3) is 11.1 Å². The zero-order valence-corrected chi connectivity index (χ0v) is 19.5. The van der Waals surface area contributed by atoms with Crippen LogP contribution in [0.5, 0.6) is 11.5 Å². The van der Waals surface area contributed by atoms with Crippen molar-refractivity contribution in [1.82, 2.24) is 19.9 Å². The van der Waals surface area contributed by atoms with Gasteiger partial charge in [-0.05, 0) is 49.1 Å². The fourth-order valence-electron chi connectivity index (χ4n) is 4.20. The Morgan fingerprint density at radius 1 is 1.09 bits per heavy atom. The van der Waals surface area contributed by atoms with Gasteiger partial charge in [-0.2, -0.15) is 0 Å². The summed E-state index contributed by atoms with van der Waals surface area (Å²) in [4.78, 5) is 31.2. The van der Waals surface area contributed by atoms with Crippen LogP contribution in [0.15, 0.2) is 48.9 Å². The lowest BCUT2D eigenvalue weighted by Gasteiger charge is -2.36. The average molecular weight is 448 g/mol. The molecule has 1 unspecified atom stereocenters. The Morgan fingerprint density at radius 3 is 2.58 bits per heavy atom. The molecule has 1 amide bonds. The summed E-state index contributed by atoms with van der Waals surface area (Å²) < 4.78 is 10.8. The zero-order chi connectivity index (χ0) is 23.4. The number of piperidine rings is 1. The molecule has 1 saturated heterocycles. The van der Waals surface area contributed by atoms with Crippen LogP contribution in [0.1, 0.15) is 41.4 Å². The van der Waals surface area contributed by atoms with Crippen LogP contribution in [-0.4, -0.2) is 60.6 Å². The molecule has 1 fully saturated rings. The highest BCUT2D eigenvalue weighted by Gasteiger charge is 2.33. The minimum atomic E-state index is -0.178. The van der Waals surface area contributed by atoms with E-state index in [4.69, 9.17) is 14.5 Å². The van der Waals surface area contributed by atoms with Gasteiger partial charge in [0.2, 0.25) is 5.95 Å². The number of pyridine rings is 1.